The smallest absolute Gasteiger partial charge is 0.401 e. The quantitative estimate of drug-likeness (QED) is 0.478. The van der Waals surface area contributed by atoms with Crippen LogP contribution in [0, 0.1) is 16.0 Å². The molecule has 1 rings (SSSR count). The van der Waals surface area contributed by atoms with Gasteiger partial charge >= 0.3 is 5.88 Å². The second-order valence-electron chi connectivity index (χ2n) is 4.24. The molecule has 0 aliphatic heterocycles. The SMILES string of the molecule is CC(C)CCNC(=O)/C=C/c1ccc([N+](=O)[O-])o1. The van der Waals surface area contributed by atoms with Crippen LogP contribution in [0.2, 0.25) is 0 Å². The van der Waals surface area contributed by atoms with E-state index in [4.69, 9.17) is 4.42 Å². The molecule has 0 spiro atoms. The molecule has 1 aromatic heterocycles. The zero-order valence-corrected chi connectivity index (χ0v) is 10.4. The molecular weight excluding hydrogens is 236 g/mol. The molecule has 1 amide bonds. The molecule has 0 fully saturated rings. The van der Waals surface area contributed by atoms with E-state index >= 15 is 0 Å². The first kappa shape index (κ1) is 14.0. The summed E-state index contributed by atoms with van der Waals surface area (Å²) in [6, 6.07) is 2.69. The molecule has 18 heavy (non-hydrogen) atoms. The number of hydrogen-bond donors (Lipinski definition) is 1. The van der Waals surface area contributed by atoms with E-state index in [1.807, 2.05) is 0 Å². The molecule has 0 saturated carbocycles. The van der Waals surface area contributed by atoms with Crippen LogP contribution in [0.3, 0.4) is 0 Å². The molecule has 6 nitrogen and oxygen atoms in total. The molecular formula is C12H16N2O4. The van der Waals surface area contributed by atoms with E-state index in [0.717, 1.165) is 6.42 Å². The highest BCUT2D eigenvalue weighted by Gasteiger charge is 2.09. The Balaban J connectivity index is 2.42. The van der Waals surface area contributed by atoms with Crippen LogP contribution < -0.4 is 5.32 Å². The van der Waals surface area contributed by atoms with Crippen LogP contribution in [0.15, 0.2) is 22.6 Å². The van der Waals surface area contributed by atoms with Crippen LogP contribution in [0.5, 0.6) is 0 Å². The predicted octanol–water partition coefficient (Wildman–Crippen LogP) is 2.36. The van der Waals surface area contributed by atoms with Gasteiger partial charge in [0.2, 0.25) is 5.91 Å². The largest absolute Gasteiger partial charge is 0.433 e. The molecule has 0 aromatic carbocycles. The zero-order valence-electron chi connectivity index (χ0n) is 10.4. The van der Waals surface area contributed by atoms with Crippen molar-refractivity contribution >= 4 is 17.9 Å². The minimum Gasteiger partial charge on any atom is -0.401 e. The van der Waals surface area contributed by atoms with Gasteiger partial charge in [-0.05, 0) is 24.5 Å². The molecule has 1 heterocycles. The van der Waals surface area contributed by atoms with Crippen LogP contribution in [-0.4, -0.2) is 17.4 Å². The third-order valence-electron chi connectivity index (χ3n) is 2.21. The number of nitrogens with zero attached hydrogens (tertiary/aromatic N) is 1. The number of furan rings is 1. The lowest BCUT2D eigenvalue weighted by Crippen LogP contribution is -2.23. The van der Waals surface area contributed by atoms with Gasteiger partial charge in [-0.1, -0.05) is 13.8 Å². The summed E-state index contributed by atoms with van der Waals surface area (Å²) in [5, 5.41) is 13.1. The van der Waals surface area contributed by atoms with Gasteiger partial charge in [0.15, 0.2) is 0 Å². The fraction of sp³-hybridized carbons (Fsp3) is 0.417. The van der Waals surface area contributed by atoms with Crippen LogP contribution in [0.4, 0.5) is 5.88 Å². The van der Waals surface area contributed by atoms with Gasteiger partial charge in [-0.2, -0.15) is 0 Å². The lowest BCUT2D eigenvalue weighted by molar-refractivity contribution is -0.402. The van der Waals surface area contributed by atoms with Gasteiger partial charge in [-0.15, -0.1) is 0 Å². The van der Waals surface area contributed by atoms with Gasteiger partial charge in [0.25, 0.3) is 0 Å². The van der Waals surface area contributed by atoms with Gasteiger partial charge in [0.1, 0.15) is 10.7 Å². The van der Waals surface area contributed by atoms with Crippen LogP contribution in [0.1, 0.15) is 26.0 Å². The maximum atomic E-state index is 11.4. The van der Waals surface area contributed by atoms with Gasteiger partial charge in [-0.3, -0.25) is 14.9 Å². The van der Waals surface area contributed by atoms with E-state index in [0.29, 0.717) is 12.5 Å². The Labute approximate surface area is 105 Å². The molecule has 1 aromatic rings. The standard InChI is InChI=1S/C12H16N2O4/c1-9(2)7-8-13-11(15)5-3-10-4-6-12(18-10)14(16)17/h3-6,9H,7-8H2,1-2H3,(H,13,15)/b5-3+. The predicted molar refractivity (Wildman–Crippen MR) is 66.9 cm³/mol. The Morgan fingerprint density at radius 1 is 1.56 bits per heavy atom. The molecule has 0 aliphatic carbocycles. The Bertz CT molecular complexity index is 449. The minimum absolute atomic E-state index is 0.241. The number of amides is 1. The van der Waals surface area contributed by atoms with Crippen LogP contribution in [0.25, 0.3) is 6.08 Å². The lowest BCUT2D eigenvalue weighted by atomic mass is 10.1. The van der Waals surface area contributed by atoms with Crippen molar-refractivity contribution in [2.75, 3.05) is 6.54 Å². The Morgan fingerprint density at radius 3 is 2.83 bits per heavy atom. The Kier molecular flexibility index (Phi) is 5.10. The van der Waals surface area contributed by atoms with Crippen molar-refractivity contribution in [3.8, 4) is 0 Å². The number of carbonyl (C=O) groups excluding carboxylic acids is 1. The average Bonchev–Trinajstić information content (AvgIpc) is 2.74. The summed E-state index contributed by atoms with van der Waals surface area (Å²) < 4.78 is 4.87. The van der Waals surface area contributed by atoms with Gasteiger partial charge in [0, 0.05) is 12.6 Å². The first-order valence-electron chi connectivity index (χ1n) is 5.69. The molecule has 98 valence electrons. The highest BCUT2D eigenvalue weighted by molar-refractivity contribution is 5.91. The van der Waals surface area contributed by atoms with E-state index in [1.165, 1.54) is 24.3 Å². The molecule has 0 radical (unpaired) electrons. The summed E-state index contributed by atoms with van der Waals surface area (Å²) in [5.74, 6) is 0.229. The molecule has 1 N–H and O–H groups in total. The molecule has 6 heteroatoms. The van der Waals surface area contributed by atoms with E-state index < -0.39 is 4.92 Å². The second-order valence-corrected chi connectivity index (χ2v) is 4.24. The highest BCUT2D eigenvalue weighted by atomic mass is 16.6. The van der Waals surface area contributed by atoms with E-state index in [9.17, 15) is 14.9 Å². The highest BCUT2D eigenvalue weighted by Crippen LogP contribution is 2.16. The minimum atomic E-state index is -0.625. The number of nitrogens with one attached hydrogen (secondary N) is 1. The summed E-state index contributed by atoms with van der Waals surface area (Å²) in [7, 11) is 0. The molecule has 0 atom stereocenters. The fourth-order valence-electron chi connectivity index (χ4n) is 1.23. The third kappa shape index (κ3) is 4.82. The van der Waals surface area contributed by atoms with Crippen molar-refractivity contribution in [2.45, 2.75) is 20.3 Å². The summed E-state index contributed by atoms with van der Waals surface area (Å²) >= 11 is 0. The van der Waals surface area contributed by atoms with E-state index in [1.54, 1.807) is 0 Å². The summed E-state index contributed by atoms with van der Waals surface area (Å²) in [6.45, 7) is 4.76. The zero-order chi connectivity index (χ0) is 13.5. The van der Waals surface area contributed by atoms with Crippen LogP contribution in [-0.2, 0) is 4.79 Å². The molecule has 0 bridgehead atoms. The van der Waals surface area contributed by atoms with Crippen molar-refractivity contribution in [1.29, 1.82) is 0 Å². The normalized spacial score (nSPS) is 11.1. The summed E-state index contributed by atoms with van der Waals surface area (Å²) in [5.41, 5.74) is 0. The van der Waals surface area contributed by atoms with Crippen molar-refractivity contribution in [3.63, 3.8) is 0 Å². The van der Waals surface area contributed by atoms with Crippen molar-refractivity contribution in [1.82, 2.24) is 5.32 Å². The van der Waals surface area contributed by atoms with Gasteiger partial charge in [0.05, 0.1) is 6.07 Å². The van der Waals surface area contributed by atoms with Crippen molar-refractivity contribution in [2.24, 2.45) is 5.92 Å². The van der Waals surface area contributed by atoms with Crippen molar-refractivity contribution < 1.29 is 14.1 Å². The second kappa shape index (κ2) is 6.58. The Morgan fingerprint density at radius 2 is 2.28 bits per heavy atom. The number of nitro groups is 1. The van der Waals surface area contributed by atoms with Gasteiger partial charge in [-0.25, -0.2) is 0 Å². The molecule has 0 aliphatic rings. The number of carbonyl (C=O) groups is 1. The van der Waals surface area contributed by atoms with Crippen molar-refractivity contribution in [3.05, 3.63) is 34.1 Å². The first-order chi connectivity index (χ1) is 8.49. The number of rotatable bonds is 6. The third-order valence-corrected chi connectivity index (χ3v) is 2.21. The Hall–Kier alpha value is -2.11. The average molecular weight is 252 g/mol. The summed E-state index contributed by atoms with van der Waals surface area (Å²) in [4.78, 5) is 21.1. The van der Waals surface area contributed by atoms with Crippen LogP contribution >= 0.6 is 0 Å². The maximum Gasteiger partial charge on any atom is 0.433 e. The maximum absolute atomic E-state index is 11.4. The topological polar surface area (TPSA) is 85.4 Å². The van der Waals surface area contributed by atoms with E-state index in [-0.39, 0.29) is 17.6 Å². The fourth-order valence-corrected chi connectivity index (χ4v) is 1.23. The molecule has 0 saturated heterocycles. The monoisotopic (exact) mass is 252 g/mol. The summed E-state index contributed by atoms with van der Waals surface area (Å²) in [6.07, 6.45) is 3.60. The van der Waals surface area contributed by atoms with E-state index in [2.05, 4.69) is 19.2 Å². The lowest BCUT2D eigenvalue weighted by Gasteiger charge is -2.04. The molecule has 0 unspecified atom stereocenters. The first-order valence-corrected chi connectivity index (χ1v) is 5.69. The van der Waals surface area contributed by atoms with Gasteiger partial charge < -0.3 is 9.73 Å². The number of hydrogen-bond acceptors (Lipinski definition) is 4.